The molecular weight excluding hydrogens is 452 g/mol. The van der Waals surface area contributed by atoms with Crippen LogP contribution in [0.4, 0.5) is 5.69 Å². The molecule has 0 spiro atoms. The summed E-state index contributed by atoms with van der Waals surface area (Å²) in [6.07, 6.45) is 2.10. The van der Waals surface area contributed by atoms with Crippen LogP contribution in [-0.2, 0) is 4.79 Å². The van der Waals surface area contributed by atoms with Gasteiger partial charge >= 0.3 is 0 Å². The largest absolute Gasteiger partial charge is 0.483 e. The Morgan fingerprint density at radius 3 is 2.44 bits per heavy atom. The molecule has 0 radical (unpaired) electrons. The van der Waals surface area contributed by atoms with Crippen molar-refractivity contribution in [1.82, 2.24) is 5.32 Å². The Balaban J connectivity index is 1.51. The number of ether oxygens (including phenoxy) is 1. The van der Waals surface area contributed by atoms with Crippen LogP contribution in [0.25, 0.3) is 0 Å². The summed E-state index contributed by atoms with van der Waals surface area (Å²) in [6.45, 7) is -0.107. The molecule has 1 aliphatic rings. The Morgan fingerprint density at radius 1 is 1.08 bits per heavy atom. The predicted octanol–water partition coefficient (Wildman–Crippen LogP) is 4.12. The van der Waals surface area contributed by atoms with Gasteiger partial charge in [-0.2, -0.15) is 0 Å². The van der Waals surface area contributed by atoms with Gasteiger partial charge in [-0.25, -0.2) is 0 Å². The van der Waals surface area contributed by atoms with E-state index in [4.69, 9.17) is 4.74 Å². The molecule has 1 aliphatic carbocycles. The maximum Gasteiger partial charge on any atom is 0.262 e. The van der Waals surface area contributed by atoms with Crippen molar-refractivity contribution >= 4 is 49.4 Å². The van der Waals surface area contributed by atoms with Crippen molar-refractivity contribution in [2.24, 2.45) is 0 Å². The number of amides is 2. The molecule has 0 aromatic heterocycles. The van der Waals surface area contributed by atoms with Crippen molar-refractivity contribution in [3.63, 3.8) is 0 Å². The van der Waals surface area contributed by atoms with Gasteiger partial charge in [0.25, 0.3) is 11.8 Å². The minimum Gasteiger partial charge on any atom is -0.483 e. The number of benzene rings is 2. The first-order chi connectivity index (χ1) is 12.0. The summed E-state index contributed by atoms with van der Waals surface area (Å²) in [5.41, 5.74) is 1.20. The molecule has 2 amide bonds. The van der Waals surface area contributed by atoms with Gasteiger partial charge in [0.1, 0.15) is 5.75 Å². The standard InChI is InChI=1S/C18H16Br2N2O3/c19-12-3-8-16(15(20)9-12)25-10-17(23)21-13-4-1-11(2-5-13)18(24)22-14-6-7-14/h1-5,8-9,14H,6-7,10H2,(H,21,23)(H,22,24). The zero-order valence-electron chi connectivity index (χ0n) is 13.2. The van der Waals surface area contributed by atoms with Gasteiger partial charge in [0, 0.05) is 21.8 Å². The average Bonchev–Trinajstić information content (AvgIpc) is 3.38. The highest BCUT2D eigenvalue weighted by molar-refractivity contribution is 9.11. The van der Waals surface area contributed by atoms with Crippen molar-refractivity contribution < 1.29 is 14.3 Å². The number of hydrogen-bond donors (Lipinski definition) is 2. The van der Waals surface area contributed by atoms with Crippen LogP contribution in [0, 0.1) is 0 Å². The number of halogens is 2. The quantitative estimate of drug-likeness (QED) is 0.671. The van der Waals surface area contributed by atoms with E-state index in [1.807, 2.05) is 12.1 Å². The van der Waals surface area contributed by atoms with Gasteiger partial charge in [0.15, 0.2) is 6.61 Å². The molecule has 2 aromatic rings. The van der Waals surface area contributed by atoms with Gasteiger partial charge in [-0.3, -0.25) is 9.59 Å². The summed E-state index contributed by atoms with van der Waals surface area (Å²) < 4.78 is 7.18. The summed E-state index contributed by atoms with van der Waals surface area (Å²) in [4.78, 5) is 23.9. The Morgan fingerprint density at radius 2 is 1.80 bits per heavy atom. The fourth-order valence-corrected chi connectivity index (χ4v) is 3.30. The van der Waals surface area contributed by atoms with Gasteiger partial charge in [0.05, 0.1) is 4.47 Å². The van der Waals surface area contributed by atoms with E-state index in [0.29, 0.717) is 23.0 Å². The van der Waals surface area contributed by atoms with E-state index in [1.165, 1.54) is 0 Å². The maximum atomic E-state index is 12.0. The fourth-order valence-electron chi connectivity index (χ4n) is 2.13. The predicted molar refractivity (Wildman–Crippen MR) is 103 cm³/mol. The molecule has 130 valence electrons. The molecule has 5 nitrogen and oxygen atoms in total. The molecule has 2 N–H and O–H groups in total. The molecule has 1 fully saturated rings. The molecule has 0 bridgehead atoms. The molecule has 3 rings (SSSR count). The molecule has 1 saturated carbocycles. The number of nitrogens with one attached hydrogen (secondary N) is 2. The second-order valence-corrected chi connectivity index (χ2v) is 7.51. The summed E-state index contributed by atoms with van der Waals surface area (Å²) in [7, 11) is 0. The van der Waals surface area contributed by atoms with Gasteiger partial charge in [-0.05, 0) is 71.2 Å². The van der Waals surface area contributed by atoms with Crippen molar-refractivity contribution in [2.45, 2.75) is 18.9 Å². The minimum atomic E-state index is -0.273. The van der Waals surface area contributed by atoms with Crippen LogP contribution >= 0.6 is 31.9 Å². The number of rotatable bonds is 6. The zero-order chi connectivity index (χ0) is 17.8. The van der Waals surface area contributed by atoms with Crippen LogP contribution in [0.5, 0.6) is 5.75 Å². The lowest BCUT2D eigenvalue weighted by molar-refractivity contribution is -0.118. The van der Waals surface area contributed by atoms with E-state index in [1.54, 1.807) is 30.3 Å². The Labute approximate surface area is 162 Å². The second-order valence-electron chi connectivity index (χ2n) is 5.74. The lowest BCUT2D eigenvalue weighted by Crippen LogP contribution is -2.25. The number of carbonyl (C=O) groups is 2. The topological polar surface area (TPSA) is 67.4 Å². The number of carbonyl (C=O) groups excluding carboxylic acids is 2. The first-order valence-corrected chi connectivity index (χ1v) is 9.38. The third kappa shape index (κ3) is 5.31. The van der Waals surface area contributed by atoms with Gasteiger partial charge in [-0.15, -0.1) is 0 Å². The van der Waals surface area contributed by atoms with Gasteiger partial charge in [0.2, 0.25) is 0 Å². The summed E-state index contributed by atoms with van der Waals surface area (Å²) in [6, 6.07) is 12.6. The molecule has 25 heavy (non-hydrogen) atoms. The average molecular weight is 468 g/mol. The van der Waals surface area contributed by atoms with Gasteiger partial charge < -0.3 is 15.4 Å². The van der Waals surface area contributed by atoms with Gasteiger partial charge in [-0.1, -0.05) is 15.9 Å². The summed E-state index contributed by atoms with van der Waals surface area (Å²) in [5.74, 6) is 0.235. The van der Waals surface area contributed by atoms with E-state index in [-0.39, 0.29) is 18.4 Å². The molecule has 7 heteroatoms. The van der Waals surface area contributed by atoms with Crippen LogP contribution in [0.2, 0.25) is 0 Å². The van der Waals surface area contributed by atoms with E-state index < -0.39 is 0 Å². The number of anilines is 1. The highest BCUT2D eigenvalue weighted by Crippen LogP contribution is 2.28. The summed E-state index contributed by atoms with van der Waals surface area (Å²) in [5, 5.41) is 5.67. The third-order valence-corrected chi connectivity index (χ3v) is 4.71. The van der Waals surface area contributed by atoms with E-state index in [2.05, 4.69) is 42.5 Å². The Kier molecular flexibility index (Phi) is 5.75. The summed E-state index contributed by atoms with van der Waals surface area (Å²) >= 11 is 6.74. The first kappa shape index (κ1) is 17.9. The molecule has 0 saturated heterocycles. The van der Waals surface area contributed by atoms with Crippen LogP contribution in [-0.4, -0.2) is 24.5 Å². The molecule has 0 atom stereocenters. The van der Waals surface area contributed by atoms with E-state index >= 15 is 0 Å². The van der Waals surface area contributed by atoms with E-state index in [9.17, 15) is 9.59 Å². The number of hydrogen-bond acceptors (Lipinski definition) is 3. The van der Waals surface area contributed by atoms with Crippen molar-refractivity contribution in [1.29, 1.82) is 0 Å². The van der Waals surface area contributed by atoms with Crippen LogP contribution in [0.3, 0.4) is 0 Å². The maximum absolute atomic E-state index is 12.0. The van der Waals surface area contributed by atoms with E-state index in [0.717, 1.165) is 21.8 Å². The lowest BCUT2D eigenvalue weighted by atomic mass is 10.2. The highest BCUT2D eigenvalue weighted by atomic mass is 79.9. The van der Waals surface area contributed by atoms with Crippen molar-refractivity contribution in [3.8, 4) is 5.75 Å². The van der Waals surface area contributed by atoms with Crippen LogP contribution in [0.1, 0.15) is 23.2 Å². The van der Waals surface area contributed by atoms with Crippen molar-refractivity contribution in [2.75, 3.05) is 11.9 Å². The molecule has 0 unspecified atom stereocenters. The highest BCUT2D eigenvalue weighted by Gasteiger charge is 2.23. The first-order valence-electron chi connectivity index (χ1n) is 7.80. The molecular formula is C18H16Br2N2O3. The monoisotopic (exact) mass is 466 g/mol. The lowest BCUT2D eigenvalue weighted by Gasteiger charge is -2.10. The fraction of sp³-hybridized carbons (Fsp3) is 0.222. The van der Waals surface area contributed by atoms with Crippen LogP contribution < -0.4 is 15.4 Å². The molecule has 0 heterocycles. The SMILES string of the molecule is O=C(COc1ccc(Br)cc1Br)Nc1ccc(C(=O)NC2CC2)cc1. The molecule has 2 aromatic carbocycles. The zero-order valence-corrected chi connectivity index (χ0v) is 16.4. The Hall–Kier alpha value is -1.86. The smallest absolute Gasteiger partial charge is 0.262 e. The Bertz CT molecular complexity index is 789. The molecule has 0 aliphatic heterocycles. The minimum absolute atomic E-state index is 0.0798. The second kappa shape index (κ2) is 8.01. The normalized spacial score (nSPS) is 13.2. The van der Waals surface area contributed by atoms with Crippen molar-refractivity contribution in [3.05, 3.63) is 57.0 Å². The van der Waals surface area contributed by atoms with Crippen LogP contribution in [0.15, 0.2) is 51.4 Å². The third-order valence-electron chi connectivity index (χ3n) is 3.60.